The van der Waals surface area contributed by atoms with Crippen LogP contribution in [0.5, 0.6) is 5.75 Å². The predicted molar refractivity (Wildman–Crippen MR) is 150 cm³/mol. The smallest absolute Gasteiger partial charge is 0.255 e. The highest BCUT2D eigenvalue weighted by Gasteiger charge is 2.69. The van der Waals surface area contributed by atoms with E-state index in [1.807, 2.05) is 0 Å². The van der Waals surface area contributed by atoms with Gasteiger partial charge in [0.25, 0.3) is 5.91 Å². The Morgan fingerprint density at radius 2 is 1.74 bits per heavy atom. The maximum atomic E-state index is 15.5. The Morgan fingerprint density at radius 3 is 2.35 bits per heavy atom. The summed E-state index contributed by atoms with van der Waals surface area (Å²) in [5, 5.41) is 25.1. The van der Waals surface area contributed by atoms with Gasteiger partial charge >= 0.3 is 0 Å². The normalized spacial score (nSPS) is 28.2. The summed E-state index contributed by atoms with van der Waals surface area (Å²) in [6, 6.07) is 6.10. The standard InChI is InChI=1S/C30H31FN4O8/c1-34(2)14-7-5-6-12(8-14)29(42)33-18-11-17(31)15-9-13-10-16-22(35(3)4)25(38)21(28(32)41)27(40)30(16,43)26(39)19(13)24(37)20(15)23(18)36/h5-8,11,13,16,19,21-22,36,43H,9-10H2,1-4H3,(H2,32,41)(H,33,42)/t13-,16-,19?,21?,22-,30-/m0/s1. The van der Waals surface area contributed by atoms with Crippen LogP contribution in [-0.2, 0) is 25.6 Å². The van der Waals surface area contributed by atoms with Gasteiger partial charge in [-0.25, -0.2) is 4.39 Å². The summed E-state index contributed by atoms with van der Waals surface area (Å²) < 4.78 is 15.5. The van der Waals surface area contributed by atoms with Crippen LogP contribution in [0.3, 0.4) is 0 Å². The van der Waals surface area contributed by atoms with Gasteiger partial charge in [0.05, 0.1) is 23.2 Å². The molecule has 2 saturated carbocycles. The number of aliphatic hydroxyl groups is 1. The van der Waals surface area contributed by atoms with E-state index in [4.69, 9.17) is 5.73 Å². The number of anilines is 2. The molecule has 0 spiro atoms. The van der Waals surface area contributed by atoms with Crippen LogP contribution in [0.25, 0.3) is 0 Å². The van der Waals surface area contributed by atoms with Crippen molar-refractivity contribution < 1.29 is 43.4 Å². The number of aromatic hydroxyl groups is 1. The minimum atomic E-state index is -2.89. The molecule has 0 bridgehead atoms. The van der Waals surface area contributed by atoms with Crippen molar-refractivity contribution in [1.29, 1.82) is 0 Å². The fraction of sp³-hybridized carbons (Fsp3) is 0.400. The van der Waals surface area contributed by atoms with Crippen LogP contribution in [0.2, 0.25) is 0 Å². The third-order valence-corrected chi connectivity index (χ3v) is 8.88. The molecule has 3 aliphatic carbocycles. The third kappa shape index (κ3) is 4.41. The van der Waals surface area contributed by atoms with Crippen LogP contribution in [0, 0.1) is 29.5 Å². The number of likely N-dealkylation sites (N-methyl/N-ethyl adjacent to an activating group) is 1. The summed E-state index contributed by atoms with van der Waals surface area (Å²) in [6.45, 7) is 0. The van der Waals surface area contributed by atoms with Crippen LogP contribution in [-0.4, -0.2) is 89.9 Å². The number of hydrogen-bond donors (Lipinski definition) is 4. The molecular formula is C30H31FN4O8. The predicted octanol–water partition coefficient (Wildman–Crippen LogP) is 0.324. The Labute approximate surface area is 245 Å². The van der Waals surface area contributed by atoms with Crippen LogP contribution in [0.15, 0.2) is 30.3 Å². The lowest BCUT2D eigenvalue weighted by molar-refractivity contribution is -0.181. The largest absolute Gasteiger partial charge is 0.505 e. The lowest BCUT2D eigenvalue weighted by atomic mass is 9.52. The third-order valence-electron chi connectivity index (χ3n) is 8.88. The molecule has 0 aliphatic heterocycles. The number of Topliss-reactive ketones (excluding diaryl/α,β-unsaturated/α-hetero) is 4. The fourth-order valence-electron chi connectivity index (χ4n) is 6.84. The van der Waals surface area contributed by atoms with Crippen molar-refractivity contribution >= 4 is 46.3 Å². The van der Waals surface area contributed by atoms with Crippen molar-refractivity contribution in [1.82, 2.24) is 4.90 Å². The second-order valence-corrected chi connectivity index (χ2v) is 11.8. The van der Waals surface area contributed by atoms with Crippen LogP contribution >= 0.6 is 0 Å². The van der Waals surface area contributed by atoms with Gasteiger partial charge in [-0.15, -0.1) is 0 Å². The summed E-state index contributed by atoms with van der Waals surface area (Å²) in [5.74, 6) is -14.3. The van der Waals surface area contributed by atoms with Gasteiger partial charge in [-0.05, 0) is 51.1 Å². The average molecular weight is 595 g/mol. The van der Waals surface area contributed by atoms with E-state index in [0.29, 0.717) is 5.69 Å². The quantitative estimate of drug-likeness (QED) is 0.277. The van der Waals surface area contributed by atoms with Gasteiger partial charge in [0, 0.05) is 42.9 Å². The van der Waals surface area contributed by atoms with E-state index in [1.165, 1.54) is 25.1 Å². The molecule has 5 rings (SSSR count). The molecule has 43 heavy (non-hydrogen) atoms. The van der Waals surface area contributed by atoms with Gasteiger partial charge in [-0.3, -0.25) is 33.7 Å². The molecule has 226 valence electrons. The van der Waals surface area contributed by atoms with Crippen molar-refractivity contribution in [2.75, 3.05) is 38.4 Å². The Bertz CT molecular complexity index is 1620. The number of amides is 2. The van der Waals surface area contributed by atoms with Gasteiger partial charge < -0.3 is 26.2 Å². The molecule has 2 amide bonds. The molecule has 2 aromatic carbocycles. The zero-order chi connectivity index (χ0) is 31.7. The molecule has 12 nitrogen and oxygen atoms in total. The molecule has 13 heteroatoms. The van der Waals surface area contributed by atoms with E-state index in [9.17, 15) is 39.0 Å². The summed E-state index contributed by atoms with van der Waals surface area (Å²) in [7, 11) is 6.50. The lowest BCUT2D eigenvalue weighted by Gasteiger charge is -2.52. The van der Waals surface area contributed by atoms with Crippen molar-refractivity contribution in [3.05, 3.63) is 52.8 Å². The molecule has 0 radical (unpaired) electrons. The zero-order valence-electron chi connectivity index (χ0n) is 23.9. The summed E-state index contributed by atoms with van der Waals surface area (Å²) in [6.07, 6.45) is -0.435. The highest BCUT2D eigenvalue weighted by molar-refractivity contribution is 6.32. The van der Waals surface area contributed by atoms with E-state index < -0.39 is 93.1 Å². The number of phenols is 1. The monoisotopic (exact) mass is 594 g/mol. The molecular weight excluding hydrogens is 563 g/mol. The topological polar surface area (TPSA) is 187 Å². The first-order chi connectivity index (χ1) is 20.1. The molecule has 3 aliphatic rings. The summed E-state index contributed by atoms with van der Waals surface area (Å²) in [4.78, 5) is 82.4. The summed E-state index contributed by atoms with van der Waals surface area (Å²) >= 11 is 0. The SMILES string of the molecule is CN(C)c1cccc(C(=O)Nc2cc(F)c3c(c2O)C(=O)C2C(=O)[C@]4(O)C(=O)C(C(N)=O)C(=O)[C@@H](N(C)C)[C@@H]4C[C@@H]2C3)c1. The van der Waals surface area contributed by atoms with Crippen LogP contribution in [0.4, 0.5) is 15.8 Å². The number of benzene rings is 2. The first-order valence-electron chi connectivity index (χ1n) is 13.6. The van der Waals surface area contributed by atoms with Crippen LogP contribution < -0.4 is 16.0 Å². The molecule has 2 aromatic rings. The van der Waals surface area contributed by atoms with Crippen molar-refractivity contribution in [3.63, 3.8) is 0 Å². The molecule has 0 saturated heterocycles. The summed E-state index contributed by atoms with van der Waals surface area (Å²) in [5.41, 5.74) is 2.16. The minimum absolute atomic E-state index is 0.190. The van der Waals surface area contributed by atoms with Crippen molar-refractivity contribution in [3.8, 4) is 5.75 Å². The number of rotatable bonds is 5. The Hall–Kier alpha value is -4.49. The van der Waals surface area contributed by atoms with Crippen LogP contribution in [0.1, 0.15) is 32.7 Å². The Kier molecular flexibility index (Phi) is 7.22. The molecule has 2 fully saturated rings. The van der Waals surface area contributed by atoms with E-state index >= 15 is 4.39 Å². The fourth-order valence-corrected chi connectivity index (χ4v) is 6.84. The molecule has 0 aromatic heterocycles. The first kappa shape index (κ1) is 30.0. The van der Waals surface area contributed by atoms with Gasteiger partial charge in [-0.2, -0.15) is 0 Å². The molecule has 6 atom stereocenters. The number of carbonyl (C=O) groups is 6. The minimum Gasteiger partial charge on any atom is -0.505 e. The Morgan fingerprint density at radius 1 is 1.07 bits per heavy atom. The van der Waals surface area contributed by atoms with Gasteiger partial charge in [0.1, 0.15) is 11.6 Å². The number of primary amides is 1. The number of carbonyl (C=O) groups excluding carboxylic acids is 6. The number of ketones is 4. The van der Waals surface area contributed by atoms with Gasteiger partial charge in [-0.1, -0.05) is 6.07 Å². The van der Waals surface area contributed by atoms with Crippen molar-refractivity contribution in [2.24, 2.45) is 29.4 Å². The second-order valence-electron chi connectivity index (χ2n) is 11.8. The van der Waals surface area contributed by atoms with E-state index in [0.717, 1.165) is 6.07 Å². The highest BCUT2D eigenvalue weighted by Crippen LogP contribution is 2.51. The number of nitrogens with zero attached hydrogens (tertiary/aromatic N) is 2. The number of halogens is 1. The number of phenolic OH excluding ortho intramolecular Hbond substituents is 1. The molecule has 0 heterocycles. The van der Waals surface area contributed by atoms with E-state index in [2.05, 4.69) is 5.32 Å². The van der Waals surface area contributed by atoms with E-state index in [1.54, 1.807) is 37.2 Å². The highest BCUT2D eigenvalue weighted by atomic mass is 19.1. The number of hydrogen-bond acceptors (Lipinski definition) is 10. The average Bonchev–Trinajstić information content (AvgIpc) is 2.93. The maximum Gasteiger partial charge on any atom is 0.255 e. The Balaban J connectivity index is 1.55. The first-order valence-corrected chi connectivity index (χ1v) is 13.6. The zero-order valence-corrected chi connectivity index (χ0v) is 23.9. The second kappa shape index (κ2) is 10.3. The van der Waals surface area contributed by atoms with Gasteiger partial charge in [0.2, 0.25) is 5.91 Å². The van der Waals surface area contributed by atoms with E-state index in [-0.39, 0.29) is 24.0 Å². The lowest BCUT2D eigenvalue weighted by Crippen LogP contribution is -2.74. The number of nitrogens with two attached hydrogens (primary N) is 1. The van der Waals surface area contributed by atoms with Crippen molar-refractivity contribution in [2.45, 2.75) is 24.5 Å². The van der Waals surface area contributed by atoms with Gasteiger partial charge in [0.15, 0.2) is 34.7 Å². The maximum absolute atomic E-state index is 15.5. The molecule has 2 unspecified atom stereocenters. The number of fused-ring (bicyclic) bond motifs is 3. The molecule has 5 N–H and O–H groups in total. The number of nitrogens with one attached hydrogen (secondary N) is 1.